The van der Waals surface area contributed by atoms with Crippen LogP contribution in [-0.2, 0) is 6.54 Å². The molecule has 1 atom stereocenters. The van der Waals surface area contributed by atoms with Crippen molar-refractivity contribution in [3.63, 3.8) is 0 Å². The molecular formula is C19H27N3OS. The van der Waals surface area contributed by atoms with Gasteiger partial charge in [0.1, 0.15) is 0 Å². The summed E-state index contributed by atoms with van der Waals surface area (Å²) in [6.45, 7) is 4.71. The Hall–Kier alpha value is -1.69. The first kappa shape index (κ1) is 18.6. The minimum Gasteiger partial charge on any atom is -0.351 e. The number of nitrogens with one attached hydrogen (secondary N) is 2. The third-order valence-electron chi connectivity index (χ3n) is 3.81. The molecule has 0 saturated carbocycles. The maximum Gasteiger partial charge on any atom is 0.261 e. The number of hydrogen-bond acceptors (Lipinski definition) is 4. The van der Waals surface area contributed by atoms with Crippen LogP contribution in [0.1, 0.15) is 40.2 Å². The standard InChI is InChI=1S/C19H27N3OS/c1-15(17-9-7-16(8-10-17)14-22(2)3)20-11-5-12-21-19(23)18-6-4-13-24-18/h4,6-10,13,15,20H,5,11-12,14H2,1-3H3,(H,21,23). The highest BCUT2D eigenvalue weighted by Crippen LogP contribution is 2.14. The van der Waals surface area contributed by atoms with Crippen LogP contribution in [0, 0.1) is 0 Å². The summed E-state index contributed by atoms with van der Waals surface area (Å²) in [6, 6.07) is 12.8. The van der Waals surface area contributed by atoms with Crippen LogP contribution in [-0.4, -0.2) is 38.0 Å². The van der Waals surface area contributed by atoms with Gasteiger partial charge < -0.3 is 15.5 Å². The molecular weight excluding hydrogens is 318 g/mol. The van der Waals surface area contributed by atoms with Gasteiger partial charge in [-0.3, -0.25) is 4.79 Å². The maximum atomic E-state index is 11.8. The maximum absolute atomic E-state index is 11.8. The van der Waals surface area contributed by atoms with Crippen LogP contribution >= 0.6 is 11.3 Å². The van der Waals surface area contributed by atoms with E-state index in [2.05, 4.69) is 60.8 Å². The summed E-state index contributed by atoms with van der Waals surface area (Å²) in [4.78, 5) is 14.7. The van der Waals surface area contributed by atoms with E-state index < -0.39 is 0 Å². The van der Waals surface area contributed by atoms with Gasteiger partial charge in [0, 0.05) is 19.1 Å². The first-order valence-electron chi connectivity index (χ1n) is 8.35. The topological polar surface area (TPSA) is 44.4 Å². The molecule has 130 valence electrons. The van der Waals surface area contributed by atoms with Crippen LogP contribution in [0.2, 0.25) is 0 Å². The number of nitrogens with zero attached hydrogens (tertiary/aromatic N) is 1. The molecule has 1 aromatic carbocycles. The molecule has 5 heteroatoms. The highest BCUT2D eigenvalue weighted by Gasteiger charge is 2.06. The summed E-state index contributed by atoms with van der Waals surface area (Å²) in [5.41, 5.74) is 2.62. The van der Waals surface area contributed by atoms with Crippen molar-refractivity contribution >= 4 is 17.2 Å². The molecule has 2 N–H and O–H groups in total. The lowest BCUT2D eigenvalue weighted by molar-refractivity contribution is 0.0957. The van der Waals surface area contributed by atoms with Crippen LogP contribution < -0.4 is 10.6 Å². The summed E-state index contributed by atoms with van der Waals surface area (Å²) in [5, 5.41) is 8.38. The van der Waals surface area contributed by atoms with Gasteiger partial charge in [0.2, 0.25) is 0 Å². The summed E-state index contributed by atoms with van der Waals surface area (Å²) in [7, 11) is 4.16. The molecule has 1 amide bonds. The Morgan fingerprint density at radius 1 is 1.17 bits per heavy atom. The second-order valence-electron chi connectivity index (χ2n) is 6.24. The normalized spacial score (nSPS) is 12.3. The zero-order valence-electron chi connectivity index (χ0n) is 14.7. The van der Waals surface area contributed by atoms with Crippen molar-refractivity contribution < 1.29 is 4.79 Å². The first-order valence-corrected chi connectivity index (χ1v) is 9.23. The van der Waals surface area contributed by atoms with Gasteiger partial charge in [0.15, 0.2) is 0 Å². The van der Waals surface area contributed by atoms with E-state index in [1.807, 2.05) is 17.5 Å². The average molecular weight is 346 g/mol. The van der Waals surface area contributed by atoms with E-state index in [9.17, 15) is 4.79 Å². The predicted octanol–water partition coefficient (Wildman–Crippen LogP) is 3.28. The molecule has 1 unspecified atom stereocenters. The van der Waals surface area contributed by atoms with Gasteiger partial charge >= 0.3 is 0 Å². The molecule has 2 aromatic rings. The molecule has 0 fully saturated rings. The molecule has 1 heterocycles. The zero-order chi connectivity index (χ0) is 17.4. The largest absolute Gasteiger partial charge is 0.351 e. The SMILES string of the molecule is CC(NCCCNC(=O)c1cccs1)c1ccc(CN(C)C)cc1. The monoisotopic (exact) mass is 345 g/mol. The van der Waals surface area contributed by atoms with Crippen molar-refractivity contribution in [2.24, 2.45) is 0 Å². The van der Waals surface area contributed by atoms with Crippen molar-refractivity contribution in [2.75, 3.05) is 27.2 Å². The van der Waals surface area contributed by atoms with Gasteiger partial charge in [-0.25, -0.2) is 0 Å². The lowest BCUT2D eigenvalue weighted by Crippen LogP contribution is -2.27. The van der Waals surface area contributed by atoms with E-state index in [1.54, 1.807) is 0 Å². The molecule has 0 aliphatic rings. The second-order valence-corrected chi connectivity index (χ2v) is 7.19. The van der Waals surface area contributed by atoms with Crippen molar-refractivity contribution in [1.82, 2.24) is 15.5 Å². The highest BCUT2D eigenvalue weighted by atomic mass is 32.1. The van der Waals surface area contributed by atoms with Gasteiger partial charge in [-0.2, -0.15) is 0 Å². The van der Waals surface area contributed by atoms with Crippen molar-refractivity contribution in [3.05, 3.63) is 57.8 Å². The summed E-state index contributed by atoms with van der Waals surface area (Å²) < 4.78 is 0. The molecule has 0 aliphatic carbocycles. The molecule has 0 saturated heterocycles. The second kappa shape index (κ2) is 9.57. The van der Waals surface area contributed by atoms with Crippen molar-refractivity contribution in [2.45, 2.75) is 25.9 Å². The molecule has 2 rings (SSSR count). The Morgan fingerprint density at radius 3 is 2.54 bits per heavy atom. The van der Waals surface area contributed by atoms with Crippen molar-refractivity contribution in [3.8, 4) is 0 Å². The number of benzene rings is 1. The summed E-state index contributed by atoms with van der Waals surface area (Å²) >= 11 is 1.47. The lowest BCUT2D eigenvalue weighted by atomic mass is 10.1. The Kier molecular flexibility index (Phi) is 7.43. The number of carbonyl (C=O) groups excluding carboxylic acids is 1. The predicted molar refractivity (Wildman–Crippen MR) is 102 cm³/mol. The van der Waals surface area contributed by atoms with E-state index in [-0.39, 0.29) is 5.91 Å². The van der Waals surface area contributed by atoms with E-state index >= 15 is 0 Å². The Balaban J connectivity index is 1.65. The molecule has 0 radical (unpaired) electrons. The number of rotatable bonds is 9. The van der Waals surface area contributed by atoms with E-state index in [1.165, 1.54) is 22.5 Å². The Bertz CT molecular complexity index is 608. The van der Waals surface area contributed by atoms with Gasteiger partial charge in [0.25, 0.3) is 5.91 Å². The Morgan fingerprint density at radius 2 is 1.92 bits per heavy atom. The van der Waals surface area contributed by atoms with Crippen molar-refractivity contribution in [1.29, 1.82) is 0 Å². The summed E-state index contributed by atoms with van der Waals surface area (Å²) in [5.74, 6) is 0.0227. The zero-order valence-corrected chi connectivity index (χ0v) is 15.5. The molecule has 0 spiro atoms. The molecule has 4 nitrogen and oxygen atoms in total. The third-order valence-corrected chi connectivity index (χ3v) is 4.68. The van der Waals surface area contributed by atoms with Crippen LogP contribution in [0.5, 0.6) is 0 Å². The quantitative estimate of drug-likeness (QED) is 0.686. The molecule has 1 aromatic heterocycles. The number of thiophene rings is 1. The minimum atomic E-state index is 0.0227. The van der Waals surface area contributed by atoms with E-state index in [4.69, 9.17) is 0 Å². The van der Waals surface area contributed by atoms with Gasteiger partial charge in [-0.15, -0.1) is 11.3 Å². The molecule has 24 heavy (non-hydrogen) atoms. The smallest absolute Gasteiger partial charge is 0.261 e. The summed E-state index contributed by atoms with van der Waals surface area (Å²) in [6.07, 6.45) is 0.917. The molecule has 0 bridgehead atoms. The fourth-order valence-corrected chi connectivity index (χ4v) is 3.14. The van der Waals surface area contributed by atoms with Gasteiger partial charge in [-0.05, 0) is 56.6 Å². The fourth-order valence-electron chi connectivity index (χ4n) is 2.50. The van der Waals surface area contributed by atoms with E-state index in [0.717, 1.165) is 24.4 Å². The van der Waals surface area contributed by atoms with Crippen LogP contribution in [0.25, 0.3) is 0 Å². The van der Waals surface area contributed by atoms with Crippen LogP contribution in [0.15, 0.2) is 41.8 Å². The van der Waals surface area contributed by atoms with Crippen LogP contribution in [0.4, 0.5) is 0 Å². The number of hydrogen-bond donors (Lipinski definition) is 2. The number of amides is 1. The highest BCUT2D eigenvalue weighted by molar-refractivity contribution is 7.12. The average Bonchev–Trinajstić information content (AvgIpc) is 3.09. The first-order chi connectivity index (χ1) is 11.6. The third kappa shape index (κ3) is 6.07. The number of carbonyl (C=O) groups is 1. The van der Waals surface area contributed by atoms with Gasteiger partial charge in [0.05, 0.1) is 4.88 Å². The molecule has 0 aliphatic heterocycles. The Labute approximate surface area is 148 Å². The fraction of sp³-hybridized carbons (Fsp3) is 0.421. The van der Waals surface area contributed by atoms with E-state index in [0.29, 0.717) is 12.6 Å². The lowest BCUT2D eigenvalue weighted by Gasteiger charge is -2.16. The van der Waals surface area contributed by atoms with Gasteiger partial charge in [-0.1, -0.05) is 30.3 Å². The minimum absolute atomic E-state index is 0.0227. The van der Waals surface area contributed by atoms with Crippen LogP contribution in [0.3, 0.4) is 0 Å².